The van der Waals surface area contributed by atoms with Crippen molar-refractivity contribution in [3.63, 3.8) is 0 Å². The fourth-order valence-corrected chi connectivity index (χ4v) is 2.74. The lowest BCUT2D eigenvalue weighted by Gasteiger charge is -2.08. The number of fused-ring (bicyclic) bond motifs is 1. The minimum Gasteiger partial charge on any atom is -0.493 e. The average Bonchev–Trinajstić information content (AvgIpc) is 2.81. The Labute approximate surface area is 121 Å². The minimum absolute atomic E-state index is 0.307. The van der Waals surface area contributed by atoms with Gasteiger partial charge in [-0.15, -0.1) is 0 Å². The van der Waals surface area contributed by atoms with Crippen LogP contribution in [-0.4, -0.2) is 17.7 Å². The van der Waals surface area contributed by atoms with Crippen LogP contribution in [0, 0.1) is 0 Å². The van der Waals surface area contributed by atoms with Crippen LogP contribution < -0.4 is 4.74 Å². The van der Waals surface area contributed by atoms with Crippen LogP contribution >= 0.6 is 27.5 Å². The molecular formula is C14H16BrClO2. The van der Waals surface area contributed by atoms with Crippen molar-refractivity contribution in [2.75, 3.05) is 11.9 Å². The first-order chi connectivity index (χ1) is 8.70. The maximum Gasteiger partial charge on any atom is 0.133 e. The predicted molar refractivity (Wildman–Crippen MR) is 77.0 cm³/mol. The molecule has 18 heavy (non-hydrogen) atoms. The fraction of sp³-hybridized carbons (Fsp3) is 0.500. The van der Waals surface area contributed by atoms with Crippen LogP contribution in [0.5, 0.6) is 5.75 Å². The Bertz CT molecular complexity index is 446. The molecule has 0 atom stereocenters. The summed E-state index contributed by atoms with van der Waals surface area (Å²) >= 11 is 9.42. The molecule has 0 radical (unpaired) electrons. The molecule has 0 saturated heterocycles. The molecular weight excluding hydrogens is 316 g/mol. The van der Waals surface area contributed by atoms with E-state index in [1.54, 1.807) is 0 Å². The van der Waals surface area contributed by atoms with E-state index in [0.717, 1.165) is 47.5 Å². The number of halogens is 2. The molecule has 0 aromatic heterocycles. The standard InChI is InChI=1S/C14H16BrClO2/c15-6-1-2-13(17)4-3-10-8-12(16)9-11-5-7-18-14(10)11/h8-9H,1-7H2. The second-order valence-corrected chi connectivity index (χ2v) is 5.71. The van der Waals surface area contributed by atoms with Gasteiger partial charge in [0.1, 0.15) is 11.5 Å². The van der Waals surface area contributed by atoms with Gasteiger partial charge in [-0.25, -0.2) is 0 Å². The van der Waals surface area contributed by atoms with Gasteiger partial charge in [0, 0.05) is 29.6 Å². The van der Waals surface area contributed by atoms with E-state index in [-0.39, 0.29) is 0 Å². The van der Waals surface area contributed by atoms with E-state index in [1.165, 1.54) is 5.56 Å². The van der Waals surface area contributed by atoms with Crippen LogP contribution in [0.4, 0.5) is 0 Å². The average molecular weight is 332 g/mol. The van der Waals surface area contributed by atoms with Gasteiger partial charge in [-0.1, -0.05) is 27.5 Å². The second kappa shape index (κ2) is 6.58. The van der Waals surface area contributed by atoms with Crippen LogP contribution in [0.3, 0.4) is 0 Å². The van der Waals surface area contributed by atoms with Gasteiger partial charge < -0.3 is 4.74 Å². The maximum absolute atomic E-state index is 11.7. The predicted octanol–water partition coefficient (Wildman–Crippen LogP) is 3.95. The number of alkyl halides is 1. The third kappa shape index (κ3) is 3.48. The van der Waals surface area contributed by atoms with E-state index < -0.39 is 0 Å². The van der Waals surface area contributed by atoms with Crippen LogP contribution in [0.15, 0.2) is 12.1 Å². The van der Waals surface area contributed by atoms with Gasteiger partial charge in [0.15, 0.2) is 0 Å². The lowest BCUT2D eigenvalue weighted by atomic mass is 10.0. The Morgan fingerprint density at radius 2 is 2.22 bits per heavy atom. The van der Waals surface area contributed by atoms with Crippen molar-refractivity contribution in [2.24, 2.45) is 0 Å². The minimum atomic E-state index is 0.307. The van der Waals surface area contributed by atoms with Gasteiger partial charge in [0.05, 0.1) is 6.61 Å². The first-order valence-electron chi connectivity index (χ1n) is 6.22. The summed E-state index contributed by atoms with van der Waals surface area (Å²) in [6, 6.07) is 3.88. The molecule has 0 aliphatic carbocycles. The van der Waals surface area contributed by atoms with Crippen LogP contribution in [-0.2, 0) is 17.6 Å². The molecule has 0 amide bonds. The summed E-state index contributed by atoms with van der Waals surface area (Å²) in [5.74, 6) is 1.26. The number of rotatable bonds is 6. The molecule has 0 bridgehead atoms. The normalized spacial score (nSPS) is 13.2. The molecule has 4 heteroatoms. The van der Waals surface area contributed by atoms with E-state index in [2.05, 4.69) is 15.9 Å². The summed E-state index contributed by atoms with van der Waals surface area (Å²) in [7, 11) is 0. The van der Waals surface area contributed by atoms with E-state index in [4.69, 9.17) is 16.3 Å². The molecule has 2 nitrogen and oxygen atoms in total. The second-order valence-electron chi connectivity index (χ2n) is 4.48. The summed E-state index contributed by atoms with van der Waals surface area (Å²) < 4.78 is 5.62. The monoisotopic (exact) mass is 330 g/mol. The Morgan fingerprint density at radius 1 is 1.39 bits per heavy atom. The van der Waals surface area contributed by atoms with Crippen molar-refractivity contribution < 1.29 is 9.53 Å². The first kappa shape index (κ1) is 13.9. The van der Waals surface area contributed by atoms with Gasteiger partial charge in [0.25, 0.3) is 0 Å². The number of ether oxygens (including phenoxy) is 1. The quantitative estimate of drug-likeness (QED) is 0.738. The Balaban J connectivity index is 1.99. The Hall–Kier alpha value is -0.540. The third-order valence-electron chi connectivity index (χ3n) is 3.09. The Morgan fingerprint density at radius 3 is 3.00 bits per heavy atom. The number of carbonyl (C=O) groups excluding carboxylic acids is 1. The zero-order valence-electron chi connectivity index (χ0n) is 10.2. The zero-order valence-corrected chi connectivity index (χ0v) is 12.5. The third-order valence-corrected chi connectivity index (χ3v) is 3.87. The van der Waals surface area contributed by atoms with Gasteiger partial charge in [-0.3, -0.25) is 4.79 Å². The maximum atomic E-state index is 11.7. The highest BCUT2D eigenvalue weighted by atomic mass is 79.9. The number of hydrogen-bond donors (Lipinski definition) is 0. The zero-order chi connectivity index (χ0) is 13.0. The first-order valence-corrected chi connectivity index (χ1v) is 7.72. The summed E-state index contributed by atoms with van der Waals surface area (Å²) in [6.07, 6.45) is 3.77. The summed E-state index contributed by atoms with van der Waals surface area (Å²) in [5.41, 5.74) is 2.24. The van der Waals surface area contributed by atoms with Crippen LogP contribution in [0.1, 0.15) is 30.4 Å². The molecule has 1 aromatic rings. The van der Waals surface area contributed by atoms with Gasteiger partial charge in [-0.2, -0.15) is 0 Å². The number of carbonyl (C=O) groups is 1. The molecule has 0 N–H and O–H groups in total. The lowest BCUT2D eigenvalue weighted by molar-refractivity contribution is -0.119. The van der Waals surface area contributed by atoms with Crippen molar-refractivity contribution in [1.82, 2.24) is 0 Å². The summed E-state index contributed by atoms with van der Waals surface area (Å²) in [5, 5.41) is 1.62. The topological polar surface area (TPSA) is 26.3 Å². The summed E-state index contributed by atoms with van der Waals surface area (Å²) in [4.78, 5) is 11.7. The molecule has 0 fully saturated rings. The van der Waals surface area contributed by atoms with E-state index in [0.29, 0.717) is 18.6 Å². The smallest absolute Gasteiger partial charge is 0.133 e. The SMILES string of the molecule is O=C(CCCBr)CCc1cc(Cl)cc2c1OCC2. The Kier molecular flexibility index (Phi) is 5.07. The van der Waals surface area contributed by atoms with Gasteiger partial charge >= 0.3 is 0 Å². The molecule has 1 heterocycles. The molecule has 0 unspecified atom stereocenters. The fourth-order valence-electron chi connectivity index (χ4n) is 2.19. The number of aryl methyl sites for hydroxylation is 1. The highest BCUT2D eigenvalue weighted by molar-refractivity contribution is 9.09. The van der Waals surface area contributed by atoms with E-state index in [1.807, 2.05) is 12.1 Å². The van der Waals surface area contributed by atoms with Crippen molar-refractivity contribution in [2.45, 2.75) is 32.1 Å². The molecule has 98 valence electrons. The van der Waals surface area contributed by atoms with Crippen LogP contribution in [0.25, 0.3) is 0 Å². The lowest BCUT2D eigenvalue weighted by Crippen LogP contribution is -2.01. The van der Waals surface area contributed by atoms with E-state index >= 15 is 0 Å². The highest BCUT2D eigenvalue weighted by Crippen LogP contribution is 2.33. The largest absolute Gasteiger partial charge is 0.493 e. The van der Waals surface area contributed by atoms with Crippen molar-refractivity contribution in [1.29, 1.82) is 0 Å². The van der Waals surface area contributed by atoms with E-state index in [9.17, 15) is 4.79 Å². The number of ketones is 1. The van der Waals surface area contributed by atoms with Gasteiger partial charge in [0.2, 0.25) is 0 Å². The molecule has 1 aromatic carbocycles. The number of benzene rings is 1. The van der Waals surface area contributed by atoms with Gasteiger partial charge in [-0.05, 0) is 36.1 Å². The van der Waals surface area contributed by atoms with Crippen molar-refractivity contribution in [3.05, 3.63) is 28.3 Å². The van der Waals surface area contributed by atoms with Crippen LogP contribution in [0.2, 0.25) is 5.02 Å². The van der Waals surface area contributed by atoms with Crippen molar-refractivity contribution in [3.8, 4) is 5.75 Å². The molecule has 0 saturated carbocycles. The molecule has 0 spiro atoms. The molecule has 1 aliphatic rings. The van der Waals surface area contributed by atoms with Crippen molar-refractivity contribution >= 4 is 33.3 Å². The highest BCUT2D eigenvalue weighted by Gasteiger charge is 2.17. The number of Topliss-reactive ketones (excluding diaryl/α,β-unsaturated/α-hetero) is 1. The molecule has 2 rings (SSSR count). The number of hydrogen-bond acceptors (Lipinski definition) is 2. The summed E-state index contributed by atoms with van der Waals surface area (Å²) in [6.45, 7) is 0.722. The molecule has 1 aliphatic heterocycles.